The van der Waals surface area contributed by atoms with Crippen LogP contribution in [-0.2, 0) is 0 Å². The zero-order valence-electron chi connectivity index (χ0n) is 12.3. The lowest BCUT2D eigenvalue weighted by atomic mass is 9.71. The summed E-state index contributed by atoms with van der Waals surface area (Å²) in [5.74, 6) is -0.164. The zero-order valence-corrected chi connectivity index (χ0v) is 12.3. The quantitative estimate of drug-likeness (QED) is 0.843. The summed E-state index contributed by atoms with van der Waals surface area (Å²) in [6.07, 6.45) is 3.60. The molecule has 0 saturated carbocycles. The molecule has 2 heterocycles. The molecule has 0 aliphatic carbocycles. The van der Waals surface area contributed by atoms with Gasteiger partial charge in [0.1, 0.15) is 5.82 Å². The number of hydrogen-bond donors (Lipinski definition) is 2. The Morgan fingerprint density at radius 2 is 2.10 bits per heavy atom. The normalized spacial score (nSPS) is 18.0. The van der Waals surface area contributed by atoms with Gasteiger partial charge in [-0.25, -0.2) is 4.39 Å². The number of carbonyl (C=O) groups excluding carboxylic acids is 1. The molecule has 1 aromatic heterocycles. The Hall–Kier alpha value is -1.68. The molecule has 2 aromatic rings. The molecule has 112 valence electrons. The Labute approximate surface area is 123 Å². The van der Waals surface area contributed by atoms with Crippen molar-refractivity contribution < 1.29 is 9.18 Å². The van der Waals surface area contributed by atoms with Gasteiger partial charge in [-0.05, 0) is 44.5 Å². The van der Waals surface area contributed by atoms with Crippen LogP contribution in [0.25, 0.3) is 10.9 Å². The van der Waals surface area contributed by atoms with Crippen molar-refractivity contribution in [2.24, 2.45) is 5.41 Å². The third kappa shape index (κ3) is 2.48. The highest BCUT2D eigenvalue weighted by atomic mass is 19.1. The number of rotatable bonds is 4. The van der Waals surface area contributed by atoms with Gasteiger partial charge < -0.3 is 10.3 Å². The van der Waals surface area contributed by atoms with E-state index in [0.717, 1.165) is 44.2 Å². The molecule has 2 N–H and O–H groups in total. The Morgan fingerprint density at radius 3 is 2.76 bits per heavy atom. The fourth-order valence-corrected chi connectivity index (χ4v) is 3.50. The summed E-state index contributed by atoms with van der Waals surface area (Å²) in [4.78, 5) is 16.0. The van der Waals surface area contributed by atoms with E-state index in [-0.39, 0.29) is 17.0 Å². The second-order valence-electron chi connectivity index (χ2n) is 6.00. The number of nitrogens with one attached hydrogen (secondary N) is 2. The van der Waals surface area contributed by atoms with Gasteiger partial charge in [0.2, 0.25) is 0 Å². The number of fused-ring (bicyclic) bond motifs is 1. The standard InChI is InChI=1S/C17H21FN2O/c1-2-6-17(7-9-19-10-8-17)16(21)14-11-12-4-3-5-13(18)15(12)20-14/h3-5,11,19-20H,2,6-10H2,1H3. The summed E-state index contributed by atoms with van der Waals surface area (Å²) in [7, 11) is 0. The van der Waals surface area contributed by atoms with Gasteiger partial charge in [0, 0.05) is 10.8 Å². The van der Waals surface area contributed by atoms with Crippen molar-refractivity contribution in [2.75, 3.05) is 13.1 Å². The molecule has 0 radical (unpaired) electrons. The number of benzene rings is 1. The highest BCUT2D eigenvalue weighted by Crippen LogP contribution is 2.38. The maximum atomic E-state index is 13.8. The van der Waals surface area contributed by atoms with Gasteiger partial charge in [-0.15, -0.1) is 0 Å². The number of aromatic amines is 1. The minimum atomic E-state index is -0.304. The minimum absolute atomic E-state index is 0.140. The van der Waals surface area contributed by atoms with Crippen LogP contribution in [0.5, 0.6) is 0 Å². The number of halogens is 1. The van der Waals surface area contributed by atoms with Crippen molar-refractivity contribution >= 4 is 16.7 Å². The van der Waals surface area contributed by atoms with E-state index in [1.165, 1.54) is 6.07 Å². The van der Waals surface area contributed by atoms with E-state index in [0.29, 0.717) is 11.2 Å². The van der Waals surface area contributed by atoms with Crippen molar-refractivity contribution in [3.63, 3.8) is 0 Å². The Morgan fingerprint density at radius 1 is 1.33 bits per heavy atom. The molecule has 0 amide bonds. The zero-order chi connectivity index (χ0) is 14.9. The summed E-state index contributed by atoms with van der Waals surface area (Å²) in [5, 5.41) is 4.08. The predicted molar refractivity (Wildman–Crippen MR) is 82.0 cm³/mol. The largest absolute Gasteiger partial charge is 0.350 e. The second-order valence-corrected chi connectivity index (χ2v) is 6.00. The van der Waals surface area contributed by atoms with E-state index in [1.807, 2.05) is 6.07 Å². The van der Waals surface area contributed by atoms with Gasteiger partial charge >= 0.3 is 0 Å². The van der Waals surface area contributed by atoms with Crippen molar-refractivity contribution in [1.82, 2.24) is 10.3 Å². The second kappa shape index (κ2) is 5.60. The molecule has 4 heteroatoms. The van der Waals surface area contributed by atoms with Crippen molar-refractivity contribution in [3.05, 3.63) is 35.8 Å². The molecule has 0 unspecified atom stereocenters. The molecule has 3 rings (SSSR count). The maximum Gasteiger partial charge on any atom is 0.185 e. The van der Waals surface area contributed by atoms with E-state index in [9.17, 15) is 9.18 Å². The molecule has 0 atom stereocenters. The first kappa shape index (κ1) is 14.3. The van der Waals surface area contributed by atoms with E-state index >= 15 is 0 Å². The lowest BCUT2D eigenvalue weighted by molar-refractivity contribution is 0.0699. The van der Waals surface area contributed by atoms with Crippen LogP contribution in [-0.4, -0.2) is 23.9 Å². The monoisotopic (exact) mass is 288 g/mol. The first-order chi connectivity index (χ1) is 10.2. The number of piperidine rings is 1. The highest BCUT2D eigenvalue weighted by molar-refractivity contribution is 6.03. The fraction of sp³-hybridized carbons (Fsp3) is 0.471. The van der Waals surface area contributed by atoms with E-state index in [4.69, 9.17) is 0 Å². The van der Waals surface area contributed by atoms with Crippen molar-refractivity contribution in [1.29, 1.82) is 0 Å². The van der Waals surface area contributed by atoms with Crippen LogP contribution in [0.15, 0.2) is 24.3 Å². The van der Waals surface area contributed by atoms with Gasteiger partial charge in [0.15, 0.2) is 5.78 Å². The van der Waals surface area contributed by atoms with Crippen LogP contribution in [0.4, 0.5) is 4.39 Å². The van der Waals surface area contributed by atoms with Crippen LogP contribution < -0.4 is 5.32 Å². The van der Waals surface area contributed by atoms with Gasteiger partial charge in [0.05, 0.1) is 11.2 Å². The average molecular weight is 288 g/mol. The van der Waals surface area contributed by atoms with Crippen LogP contribution in [0.1, 0.15) is 43.1 Å². The molecular weight excluding hydrogens is 267 g/mol. The Kier molecular flexibility index (Phi) is 3.81. The summed E-state index contributed by atoms with van der Waals surface area (Å²) in [5.41, 5.74) is 0.684. The molecule has 1 aliphatic heterocycles. The van der Waals surface area contributed by atoms with Crippen LogP contribution >= 0.6 is 0 Å². The predicted octanol–water partition coefficient (Wildman–Crippen LogP) is 3.66. The minimum Gasteiger partial charge on any atom is -0.350 e. The summed E-state index contributed by atoms with van der Waals surface area (Å²) < 4.78 is 13.8. The number of hydrogen-bond acceptors (Lipinski definition) is 2. The summed E-state index contributed by atoms with van der Waals surface area (Å²) >= 11 is 0. The molecule has 1 fully saturated rings. The number of aromatic nitrogens is 1. The Balaban J connectivity index is 1.99. The van der Waals surface area contributed by atoms with E-state index < -0.39 is 0 Å². The third-order valence-corrected chi connectivity index (χ3v) is 4.62. The number of ketones is 1. The van der Waals surface area contributed by atoms with Crippen molar-refractivity contribution in [3.8, 4) is 0 Å². The lowest BCUT2D eigenvalue weighted by Crippen LogP contribution is -2.42. The SMILES string of the molecule is CCCC1(C(=O)c2cc3cccc(F)c3[nH]2)CCNCC1. The number of Topliss-reactive ketones (excluding diaryl/α,β-unsaturated/α-hetero) is 1. The molecule has 0 spiro atoms. The molecule has 0 bridgehead atoms. The molecule has 3 nitrogen and oxygen atoms in total. The third-order valence-electron chi connectivity index (χ3n) is 4.62. The van der Waals surface area contributed by atoms with Gasteiger partial charge in [-0.1, -0.05) is 25.5 Å². The van der Waals surface area contributed by atoms with E-state index in [1.54, 1.807) is 12.1 Å². The van der Waals surface area contributed by atoms with Gasteiger partial charge in [0.25, 0.3) is 0 Å². The van der Waals surface area contributed by atoms with Crippen molar-refractivity contribution in [2.45, 2.75) is 32.6 Å². The average Bonchev–Trinajstić information content (AvgIpc) is 2.93. The maximum absolute atomic E-state index is 13.8. The smallest absolute Gasteiger partial charge is 0.185 e. The fourth-order valence-electron chi connectivity index (χ4n) is 3.50. The molecule has 1 saturated heterocycles. The van der Waals surface area contributed by atoms with E-state index in [2.05, 4.69) is 17.2 Å². The first-order valence-corrected chi connectivity index (χ1v) is 7.69. The summed E-state index contributed by atoms with van der Waals surface area (Å²) in [6, 6.07) is 6.71. The molecule has 21 heavy (non-hydrogen) atoms. The highest BCUT2D eigenvalue weighted by Gasteiger charge is 2.39. The van der Waals surface area contributed by atoms with Crippen LogP contribution in [0, 0.1) is 11.2 Å². The Bertz CT molecular complexity index is 650. The molecular formula is C17H21FN2O. The van der Waals surface area contributed by atoms with Crippen LogP contribution in [0.3, 0.4) is 0 Å². The molecule has 1 aromatic carbocycles. The lowest BCUT2D eigenvalue weighted by Gasteiger charge is -2.35. The van der Waals surface area contributed by atoms with Crippen LogP contribution in [0.2, 0.25) is 0 Å². The topological polar surface area (TPSA) is 44.9 Å². The van der Waals surface area contributed by atoms with Gasteiger partial charge in [-0.3, -0.25) is 4.79 Å². The number of carbonyl (C=O) groups is 1. The number of para-hydroxylation sites is 1. The molecule has 1 aliphatic rings. The van der Waals surface area contributed by atoms with Gasteiger partial charge in [-0.2, -0.15) is 0 Å². The number of H-pyrrole nitrogens is 1. The first-order valence-electron chi connectivity index (χ1n) is 7.69. The summed E-state index contributed by atoms with van der Waals surface area (Å²) in [6.45, 7) is 3.86.